The Morgan fingerprint density at radius 3 is 2.95 bits per heavy atom. The minimum Gasteiger partial charge on any atom is -0.409 e. The molecule has 0 aromatic heterocycles. The fourth-order valence-electron chi connectivity index (χ4n) is 2.62. The van der Waals surface area contributed by atoms with Crippen LogP contribution in [-0.2, 0) is 6.54 Å². The van der Waals surface area contributed by atoms with Crippen molar-refractivity contribution in [1.29, 1.82) is 0 Å². The van der Waals surface area contributed by atoms with Crippen molar-refractivity contribution in [1.82, 2.24) is 4.90 Å². The molecular weight excluding hydrogens is 261 g/mol. The zero-order valence-electron chi connectivity index (χ0n) is 11.5. The summed E-state index contributed by atoms with van der Waals surface area (Å²) in [4.78, 5) is 2.18. The molecule has 6 heteroatoms. The van der Waals surface area contributed by atoms with E-state index < -0.39 is 5.82 Å². The SMILES string of the molecule is CC(O)C1CCN(Cc2ccc(F)cc2/C(N)=N/O)C1. The van der Waals surface area contributed by atoms with Gasteiger partial charge in [0.05, 0.1) is 6.10 Å². The molecule has 1 aromatic carbocycles. The van der Waals surface area contributed by atoms with Gasteiger partial charge < -0.3 is 16.0 Å². The van der Waals surface area contributed by atoms with Gasteiger partial charge >= 0.3 is 0 Å². The Morgan fingerprint density at radius 1 is 1.60 bits per heavy atom. The van der Waals surface area contributed by atoms with Crippen molar-refractivity contribution in [3.05, 3.63) is 35.1 Å². The Bertz CT molecular complexity index is 505. The molecule has 0 spiro atoms. The zero-order valence-corrected chi connectivity index (χ0v) is 11.5. The third-order valence-corrected chi connectivity index (χ3v) is 3.84. The summed E-state index contributed by atoms with van der Waals surface area (Å²) in [5.41, 5.74) is 6.81. The van der Waals surface area contributed by atoms with Crippen molar-refractivity contribution in [3.63, 3.8) is 0 Å². The summed E-state index contributed by atoms with van der Waals surface area (Å²) in [6.45, 7) is 4.07. The third kappa shape index (κ3) is 3.26. The van der Waals surface area contributed by atoms with Gasteiger partial charge in [-0.3, -0.25) is 4.90 Å². The van der Waals surface area contributed by atoms with E-state index >= 15 is 0 Å². The van der Waals surface area contributed by atoms with Crippen LogP contribution < -0.4 is 5.73 Å². The maximum Gasteiger partial charge on any atom is 0.170 e. The van der Waals surface area contributed by atoms with Crippen LogP contribution in [0.25, 0.3) is 0 Å². The summed E-state index contributed by atoms with van der Waals surface area (Å²) in [6.07, 6.45) is 0.620. The summed E-state index contributed by atoms with van der Waals surface area (Å²) in [5, 5.41) is 21.3. The number of rotatable bonds is 4. The molecule has 5 nitrogen and oxygen atoms in total. The number of likely N-dealkylation sites (tertiary alicyclic amines) is 1. The van der Waals surface area contributed by atoms with Crippen molar-refractivity contribution >= 4 is 5.84 Å². The average molecular weight is 281 g/mol. The number of benzene rings is 1. The molecule has 1 saturated heterocycles. The Hall–Kier alpha value is -1.66. The topological polar surface area (TPSA) is 82.1 Å². The second kappa shape index (κ2) is 6.19. The van der Waals surface area contributed by atoms with E-state index in [1.54, 1.807) is 13.0 Å². The molecule has 2 atom stereocenters. The smallest absolute Gasteiger partial charge is 0.170 e. The lowest BCUT2D eigenvalue weighted by atomic mass is 10.0. The minimum absolute atomic E-state index is 0.0919. The zero-order chi connectivity index (χ0) is 14.7. The number of hydrogen-bond acceptors (Lipinski definition) is 4. The maximum absolute atomic E-state index is 13.3. The van der Waals surface area contributed by atoms with E-state index in [1.807, 2.05) is 0 Å². The van der Waals surface area contributed by atoms with Gasteiger partial charge in [-0.25, -0.2) is 4.39 Å². The quantitative estimate of drug-likeness (QED) is 0.334. The monoisotopic (exact) mass is 281 g/mol. The van der Waals surface area contributed by atoms with E-state index in [-0.39, 0.29) is 17.9 Å². The number of halogens is 1. The lowest BCUT2D eigenvalue weighted by molar-refractivity contribution is 0.127. The Kier molecular flexibility index (Phi) is 4.57. The molecule has 0 saturated carbocycles. The van der Waals surface area contributed by atoms with Crippen LogP contribution in [0.5, 0.6) is 0 Å². The Morgan fingerprint density at radius 2 is 2.35 bits per heavy atom. The molecule has 20 heavy (non-hydrogen) atoms. The predicted octanol–water partition coefficient (Wildman–Crippen LogP) is 1.12. The minimum atomic E-state index is -0.418. The van der Waals surface area contributed by atoms with Crippen LogP contribution in [0.15, 0.2) is 23.4 Å². The van der Waals surface area contributed by atoms with E-state index in [4.69, 9.17) is 10.9 Å². The van der Waals surface area contributed by atoms with E-state index in [1.165, 1.54) is 12.1 Å². The first kappa shape index (κ1) is 14.7. The second-order valence-electron chi connectivity index (χ2n) is 5.31. The molecular formula is C14H20FN3O2. The van der Waals surface area contributed by atoms with Crippen LogP contribution in [0.2, 0.25) is 0 Å². The first-order valence-electron chi connectivity index (χ1n) is 6.68. The molecule has 2 rings (SSSR count). The summed E-state index contributed by atoms with van der Waals surface area (Å²) >= 11 is 0. The summed E-state index contributed by atoms with van der Waals surface area (Å²) in [7, 11) is 0. The Labute approximate surface area is 117 Å². The molecule has 1 aliphatic rings. The maximum atomic E-state index is 13.3. The summed E-state index contributed by atoms with van der Waals surface area (Å²) in [6, 6.07) is 4.29. The van der Waals surface area contributed by atoms with Gasteiger partial charge in [-0.15, -0.1) is 0 Å². The van der Waals surface area contributed by atoms with Crippen molar-refractivity contribution in [2.75, 3.05) is 13.1 Å². The predicted molar refractivity (Wildman–Crippen MR) is 74.0 cm³/mol. The molecule has 1 fully saturated rings. The van der Waals surface area contributed by atoms with Gasteiger partial charge in [0, 0.05) is 18.7 Å². The molecule has 0 bridgehead atoms. The van der Waals surface area contributed by atoms with Gasteiger partial charge in [-0.05, 0) is 43.5 Å². The third-order valence-electron chi connectivity index (χ3n) is 3.84. The fourth-order valence-corrected chi connectivity index (χ4v) is 2.62. The molecule has 0 aliphatic carbocycles. The van der Waals surface area contributed by atoms with Gasteiger partial charge in [0.1, 0.15) is 5.82 Å². The standard InChI is InChI=1S/C14H20FN3O2/c1-9(19)10-4-5-18(7-10)8-11-2-3-12(15)6-13(11)14(16)17-20/h2-3,6,9-10,19-20H,4-5,7-8H2,1H3,(H2,16,17). The highest BCUT2D eigenvalue weighted by molar-refractivity contribution is 5.98. The highest BCUT2D eigenvalue weighted by Crippen LogP contribution is 2.23. The molecule has 1 heterocycles. The molecule has 1 aliphatic heterocycles. The van der Waals surface area contributed by atoms with Gasteiger partial charge in [-0.1, -0.05) is 11.2 Å². The number of nitrogens with zero attached hydrogens (tertiary/aromatic N) is 2. The van der Waals surface area contributed by atoms with Crippen molar-refractivity contribution < 1.29 is 14.7 Å². The summed E-state index contributed by atoms with van der Waals surface area (Å²) in [5.74, 6) is -0.243. The van der Waals surface area contributed by atoms with Gasteiger partial charge in [0.25, 0.3) is 0 Å². The van der Waals surface area contributed by atoms with Gasteiger partial charge in [0.15, 0.2) is 5.84 Å². The average Bonchev–Trinajstić information content (AvgIpc) is 2.88. The number of amidine groups is 1. The first-order chi connectivity index (χ1) is 9.51. The van der Waals surface area contributed by atoms with E-state index in [9.17, 15) is 9.50 Å². The van der Waals surface area contributed by atoms with Crippen molar-refractivity contribution in [3.8, 4) is 0 Å². The molecule has 0 amide bonds. The van der Waals surface area contributed by atoms with Crippen molar-refractivity contribution in [2.45, 2.75) is 26.0 Å². The first-order valence-corrected chi connectivity index (χ1v) is 6.68. The van der Waals surface area contributed by atoms with Crippen LogP contribution in [0.1, 0.15) is 24.5 Å². The van der Waals surface area contributed by atoms with E-state index in [2.05, 4.69) is 10.1 Å². The summed E-state index contributed by atoms with van der Waals surface area (Å²) < 4.78 is 13.3. The molecule has 1 aromatic rings. The van der Waals surface area contributed by atoms with Crippen molar-refractivity contribution in [2.24, 2.45) is 16.8 Å². The molecule has 0 radical (unpaired) electrons. The van der Waals surface area contributed by atoms with Gasteiger partial charge in [-0.2, -0.15) is 0 Å². The number of oxime groups is 1. The lowest BCUT2D eigenvalue weighted by Gasteiger charge is -2.19. The van der Waals surface area contributed by atoms with Crippen LogP contribution in [0, 0.1) is 11.7 Å². The number of hydrogen-bond donors (Lipinski definition) is 3. The largest absolute Gasteiger partial charge is 0.409 e. The van der Waals surface area contributed by atoms with Crippen LogP contribution in [0.4, 0.5) is 4.39 Å². The van der Waals surface area contributed by atoms with Crippen LogP contribution >= 0.6 is 0 Å². The van der Waals surface area contributed by atoms with Gasteiger partial charge in [0.2, 0.25) is 0 Å². The van der Waals surface area contributed by atoms with Crippen LogP contribution in [-0.4, -0.2) is 40.2 Å². The molecule has 2 unspecified atom stereocenters. The molecule has 110 valence electrons. The molecule has 4 N–H and O–H groups in total. The number of nitrogens with two attached hydrogens (primary N) is 1. The van der Waals surface area contributed by atoms with Crippen LogP contribution in [0.3, 0.4) is 0 Å². The Balaban J connectivity index is 2.14. The van der Waals surface area contributed by atoms with E-state index in [0.717, 1.165) is 25.1 Å². The normalized spacial score (nSPS) is 22.1. The highest BCUT2D eigenvalue weighted by atomic mass is 19.1. The second-order valence-corrected chi connectivity index (χ2v) is 5.31. The highest BCUT2D eigenvalue weighted by Gasteiger charge is 2.26. The fraction of sp³-hybridized carbons (Fsp3) is 0.500. The van der Waals surface area contributed by atoms with E-state index in [0.29, 0.717) is 12.1 Å². The number of aliphatic hydroxyl groups is 1. The lowest BCUT2D eigenvalue weighted by Crippen LogP contribution is -2.25. The number of aliphatic hydroxyl groups excluding tert-OH is 1.